The van der Waals surface area contributed by atoms with Gasteiger partial charge in [-0.1, -0.05) is 48.5 Å². The first kappa shape index (κ1) is 15.7. The molecular weight excluding hydrogens is 304 g/mol. The van der Waals surface area contributed by atoms with Crippen LogP contribution in [0.15, 0.2) is 60.7 Å². The number of amides is 1. The van der Waals surface area contributed by atoms with Crippen molar-refractivity contribution in [1.29, 1.82) is 0 Å². The van der Waals surface area contributed by atoms with Crippen molar-refractivity contribution in [2.24, 2.45) is 0 Å². The Balaban J connectivity index is 1.83. The van der Waals surface area contributed by atoms with E-state index in [2.05, 4.69) is 5.32 Å². The normalized spacial score (nSPS) is 10.5. The third kappa shape index (κ3) is 3.25. The van der Waals surface area contributed by atoms with E-state index in [0.29, 0.717) is 5.69 Å². The molecule has 0 saturated heterocycles. The summed E-state index contributed by atoms with van der Waals surface area (Å²) in [7, 11) is 0. The number of non-ortho nitro benzene ring substituents is 1. The smallest absolute Gasteiger partial charge is 0.271 e. The minimum atomic E-state index is -0.472. The standard InChI is InChI=1S/C19H16N2O3/c1-13-9-10-16(21(23)24)12-18(13)20-19(22)11-15-7-4-6-14-5-2-3-8-17(14)15/h2-10,12H,11H2,1H3,(H,20,22). The van der Waals surface area contributed by atoms with Crippen molar-refractivity contribution in [2.75, 3.05) is 5.32 Å². The van der Waals surface area contributed by atoms with Gasteiger partial charge >= 0.3 is 0 Å². The van der Waals surface area contributed by atoms with Crippen molar-refractivity contribution in [3.63, 3.8) is 0 Å². The van der Waals surface area contributed by atoms with Gasteiger partial charge in [-0.2, -0.15) is 0 Å². The van der Waals surface area contributed by atoms with Crippen LogP contribution in [-0.2, 0) is 11.2 Å². The number of carbonyl (C=O) groups is 1. The molecule has 0 radical (unpaired) electrons. The molecule has 0 heterocycles. The molecule has 0 aliphatic rings. The third-order valence-corrected chi connectivity index (χ3v) is 3.94. The van der Waals surface area contributed by atoms with Gasteiger partial charge in [-0.05, 0) is 28.8 Å². The molecule has 3 aromatic rings. The molecule has 0 aromatic heterocycles. The van der Waals surface area contributed by atoms with Crippen LogP contribution in [0.1, 0.15) is 11.1 Å². The van der Waals surface area contributed by atoms with E-state index in [1.807, 2.05) is 42.5 Å². The number of nitro benzene ring substituents is 1. The summed E-state index contributed by atoms with van der Waals surface area (Å²) in [5.41, 5.74) is 2.14. The van der Waals surface area contributed by atoms with Crippen LogP contribution in [0.4, 0.5) is 11.4 Å². The number of hydrogen-bond donors (Lipinski definition) is 1. The zero-order chi connectivity index (χ0) is 17.1. The van der Waals surface area contributed by atoms with E-state index in [1.165, 1.54) is 12.1 Å². The Morgan fingerprint density at radius 1 is 1.08 bits per heavy atom. The van der Waals surface area contributed by atoms with Crippen LogP contribution >= 0.6 is 0 Å². The second-order valence-corrected chi connectivity index (χ2v) is 5.62. The average molecular weight is 320 g/mol. The number of rotatable bonds is 4. The highest BCUT2D eigenvalue weighted by atomic mass is 16.6. The van der Waals surface area contributed by atoms with E-state index < -0.39 is 4.92 Å². The van der Waals surface area contributed by atoms with Crippen molar-refractivity contribution in [1.82, 2.24) is 0 Å². The van der Waals surface area contributed by atoms with Crippen molar-refractivity contribution < 1.29 is 9.72 Å². The van der Waals surface area contributed by atoms with Crippen LogP contribution in [0.3, 0.4) is 0 Å². The highest BCUT2D eigenvalue weighted by Crippen LogP contribution is 2.23. The van der Waals surface area contributed by atoms with Gasteiger partial charge < -0.3 is 5.32 Å². The molecule has 0 spiro atoms. The molecule has 0 fully saturated rings. The van der Waals surface area contributed by atoms with E-state index in [1.54, 1.807) is 13.0 Å². The quantitative estimate of drug-likeness (QED) is 0.577. The minimum Gasteiger partial charge on any atom is -0.325 e. The molecule has 1 N–H and O–H groups in total. The van der Waals surface area contributed by atoms with Crippen LogP contribution in [-0.4, -0.2) is 10.8 Å². The van der Waals surface area contributed by atoms with E-state index in [0.717, 1.165) is 21.9 Å². The van der Waals surface area contributed by atoms with Crippen molar-refractivity contribution in [2.45, 2.75) is 13.3 Å². The molecule has 5 nitrogen and oxygen atoms in total. The van der Waals surface area contributed by atoms with Crippen LogP contribution in [0.25, 0.3) is 10.8 Å². The Hall–Kier alpha value is -3.21. The molecule has 5 heteroatoms. The summed E-state index contributed by atoms with van der Waals surface area (Å²) >= 11 is 0. The Kier molecular flexibility index (Phi) is 4.24. The number of benzene rings is 3. The lowest BCUT2D eigenvalue weighted by Gasteiger charge is -2.10. The van der Waals surface area contributed by atoms with Crippen molar-refractivity contribution >= 4 is 28.1 Å². The molecule has 24 heavy (non-hydrogen) atoms. The summed E-state index contributed by atoms with van der Waals surface area (Å²) in [5.74, 6) is -0.199. The SMILES string of the molecule is Cc1ccc([N+](=O)[O-])cc1NC(=O)Cc1cccc2ccccc12. The molecule has 0 aliphatic heterocycles. The fraction of sp³-hybridized carbons (Fsp3) is 0.105. The molecule has 0 atom stereocenters. The lowest BCUT2D eigenvalue weighted by Crippen LogP contribution is -2.15. The van der Waals surface area contributed by atoms with Gasteiger partial charge in [0.2, 0.25) is 5.91 Å². The number of hydrogen-bond acceptors (Lipinski definition) is 3. The Morgan fingerprint density at radius 2 is 1.83 bits per heavy atom. The largest absolute Gasteiger partial charge is 0.325 e. The zero-order valence-corrected chi connectivity index (χ0v) is 13.2. The number of nitrogens with one attached hydrogen (secondary N) is 1. The van der Waals surface area contributed by atoms with Crippen molar-refractivity contribution in [3.8, 4) is 0 Å². The minimum absolute atomic E-state index is 0.0407. The third-order valence-electron chi connectivity index (χ3n) is 3.94. The molecule has 3 rings (SSSR count). The summed E-state index contributed by atoms with van der Waals surface area (Å²) in [4.78, 5) is 22.8. The summed E-state index contributed by atoms with van der Waals surface area (Å²) in [6.07, 6.45) is 0.212. The van der Waals surface area contributed by atoms with Gasteiger partial charge in [-0.15, -0.1) is 0 Å². The maximum Gasteiger partial charge on any atom is 0.271 e. The molecular formula is C19H16N2O3. The molecule has 3 aromatic carbocycles. The van der Waals surface area contributed by atoms with Gasteiger partial charge in [0, 0.05) is 12.1 Å². The van der Waals surface area contributed by atoms with Crippen LogP contribution in [0, 0.1) is 17.0 Å². The van der Waals surface area contributed by atoms with E-state index >= 15 is 0 Å². The van der Waals surface area contributed by atoms with Crippen molar-refractivity contribution in [3.05, 3.63) is 81.9 Å². The number of carbonyl (C=O) groups excluding carboxylic acids is 1. The van der Waals surface area contributed by atoms with Gasteiger partial charge in [0.15, 0.2) is 0 Å². The first-order valence-electron chi connectivity index (χ1n) is 7.56. The maximum absolute atomic E-state index is 12.4. The molecule has 0 bridgehead atoms. The Morgan fingerprint density at radius 3 is 2.62 bits per heavy atom. The predicted octanol–water partition coefficient (Wildman–Crippen LogP) is 4.24. The lowest BCUT2D eigenvalue weighted by molar-refractivity contribution is -0.384. The highest BCUT2D eigenvalue weighted by molar-refractivity contribution is 5.96. The van der Waals surface area contributed by atoms with Gasteiger partial charge in [0.05, 0.1) is 17.0 Å². The van der Waals surface area contributed by atoms with E-state index in [-0.39, 0.29) is 18.0 Å². The average Bonchev–Trinajstić information content (AvgIpc) is 2.57. The number of aryl methyl sites for hydroxylation is 1. The number of nitro groups is 1. The predicted molar refractivity (Wildman–Crippen MR) is 94.1 cm³/mol. The summed E-state index contributed by atoms with van der Waals surface area (Å²) in [6, 6.07) is 18.2. The molecule has 0 unspecified atom stereocenters. The first-order valence-corrected chi connectivity index (χ1v) is 7.56. The van der Waals surface area contributed by atoms with Gasteiger partial charge in [-0.3, -0.25) is 14.9 Å². The second kappa shape index (κ2) is 6.50. The molecule has 0 saturated carbocycles. The lowest BCUT2D eigenvalue weighted by atomic mass is 10.0. The number of nitrogens with zero attached hydrogens (tertiary/aromatic N) is 1. The molecule has 0 aliphatic carbocycles. The Labute approximate surface area is 139 Å². The van der Waals surface area contributed by atoms with Crippen LogP contribution in [0.2, 0.25) is 0 Å². The number of anilines is 1. The number of fused-ring (bicyclic) bond motifs is 1. The summed E-state index contributed by atoms with van der Waals surface area (Å²) < 4.78 is 0. The zero-order valence-electron chi connectivity index (χ0n) is 13.2. The van der Waals surface area contributed by atoms with Crippen LogP contribution in [0.5, 0.6) is 0 Å². The van der Waals surface area contributed by atoms with Gasteiger partial charge in [-0.25, -0.2) is 0 Å². The molecule has 120 valence electrons. The first-order chi connectivity index (χ1) is 11.5. The van der Waals surface area contributed by atoms with Crippen LogP contribution < -0.4 is 5.32 Å². The fourth-order valence-corrected chi connectivity index (χ4v) is 2.67. The summed E-state index contributed by atoms with van der Waals surface area (Å²) in [5, 5.41) is 15.8. The topological polar surface area (TPSA) is 72.2 Å². The van der Waals surface area contributed by atoms with E-state index in [4.69, 9.17) is 0 Å². The molecule has 1 amide bonds. The van der Waals surface area contributed by atoms with Gasteiger partial charge in [0.25, 0.3) is 5.69 Å². The van der Waals surface area contributed by atoms with Gasteiger partial charge in [0.1, 0.15) is 0 Å². The fourth-order valence-electron chi connectivity index (χ4n) is 2.67. The second-order valence-electron chi connectivity index (χ2n) is 5.62. The maximum atomic E-state index is 12.4. The summed E-state index contributed by atoms with van der Waals surface area (Å²) in [6.45, 7) is 1.80. The Bertz CT molecular complexity index is 930. The highest BCUT2D eigenvalue weighted by Gasteiger charge is 2.12. The van der Waals surface area contributed by atoms with E-state index in [9.17, 15) is 14.9 Å². The monoisotopic (exact) mass is 320 g/mol.